The van der Waals surface area contributed by atoms with Crippen LogP contribution in [0.1, 0.15) is 37.0 Å². The number of carbonyl (C=O) groups is 3. The number of hydrogen-bond donors (Lipinski definition) is 1. The highest BCUT2D eigenvalue weighted by Gasteiger charge is 2.28. The number of carboxylic acids is 1. The molecule has 0 radical (unpaired) electrons. The lowest BCUT2D eigenvalue weighted by atomic mass is 9.97. The van der Waals surface area contributed by atoms with Crippen LogP contribution in [-0.4, -0.2) is 64.6 Å². The number of aliphatic carboxylic acids is 1. The van der Waals surface area contributed by atoms with Crippen LogP contribution in [0.2, 0.25) is 0 Å². The Morgan fingerprint density at radius 2 is 1.85 bits per heavy atom. The first kappa shape index (κ1) is 20.3. The van der Waals surface area contributed by atoms with Crippen LogP contribution in [0.4, 0.5) is 0 Å². The van der Waals surface area contributed by atoms with E-state index in [1.54, 1.807) is 29.8 Å². The summed E-state index contributed by atoms with van der Waals surface area (Å²) in [6, 6.07) is 7.43. The highest BCUT2D eigenvalue weighted by molar-refractivity contribution is 8.00. The second-order valence-corrected chi connectivity index (χ2v) is 8.44. The number of likely N-dealkylation sites (tertiary alicyclic amines) is 1. The third kappa shape index (κ3) is 5.24. The smallest absolute Gasteiger partial charge is 0.306 e. The van der Waals surface area contributed by atoms with E-state index in [9.17, 15) is 14.4 Å². The highest BCUT2D eigenvalue weighted by atomic mass is 32.2. The number of nitrogens with zero attached hydrogens (tertiary/aromatic N) is 2. The fourth-order valence-corrected chi connectivity index (χ4v) is 3.90. The largest absolute Gasteiger partial charge is 0.481 e. The summed E-state index contributed by atoms with van der Waals surface area (Å²) >= 11 is 1.62. The van der Waals surface area contributed by atoms with Gasteiger partial charge in [-0.3, -0.25) is 14.4 Å². The van der Waals surface area contributed by atoms with Gasteiger partial charge in [0.25, 0.3) is 5.91 Å². The molecule has 1 N–H and O–H groups in total. The molecule has 0 saturated carbocycles. The molecule has 0 bridgehead atoms. The standard InChI is InChI=1S/C19H26N2O4S/c1-13(2)26-16-7-5-4-6-15(16)18(23)20(3)12-17(22)21-10-8-14(9-11-21)19(24)25/h4-7,13-14H,8-12H2,1-3H3,(H,24,25). The molecule has 1 saturated heterocycles. The summed E-state index contributed by atoms with van der Waals surface area (Å²) in [5, 5.41) is 9.39. The summed E-state index contributed by atoms with van der Waals surface area (Å²) < 4.78 is 0. The summed E-state index contributed by atoms with van der Waals surface area (Å²) in [7, 11) is 1.63. The minimum Gasteiger partial charge on any atom is -0.481 e. The molecule has 0 aliphatic carbocycles. The molecular formula is C19H26N2O4S. The van der Waals surface area contributed by atoms with Crippen molar-refractivity contribution in [1.82, 2.24) is 9.80 Å². The molecule has 0 atom stereocenters. The van der Waals surface area contributed by atoms with Crippen LogP contribution >= 0.6 is 11.8 Å². The average Bonchev–Trinajstić information content (AvgIpc) is 2.61. The van der Waals surface area contributed by atoms with E-state index in [0.717, 1.165) is 4.90 Å². The number of thioether (sulfide) groups is 1. The normalized spacial score (nSPS) is 15.2. The van der Waals surface area contributed by atoms with Crippen LogP contribution in [0.3, 0.4) is 0 Å². The van der Waals surface area contributed by atoms with E-state index in [1.165, 1.54) is 4.90 Å². The number of carboxylic acid groups (broad SMARTS) is 1. The van der Waals surface area contributed by atoms with Crippen molar-refractivity contribution in [3.05, 3.63) is 29.8 Å². The SMILES string of the molecule is CC(C)Sc1ccccc1C(=O)N(C)CC(=O)N1CCC(C(=O)O)CC1. The predicted octanol–water partition coefficient (Wildman–Crippen LogP) is 2.58. The molecule has 1 aliphatic heterocycles. The highest BCUT2D eigenvalue weighted by Crippen LogP contribution is 2.27. The van der Waals surface area contributed by atoms with Gasteiger partial charge in [0, 0.05) is 30.3 Å². The van der Waals surface area contributed by atoms with Crippen molar-refractivity contribution in [2.45, 2.75) is 36.8 Å². The van der Waals surface area contributed by atoms with Gasteiger partial charge in [-0.1, -0.05) is 26.0 Å². The first-order valence-corrected chi connectivity index (χ1v) is 9.69. The molecule has 6 nitrogen and oxygen atoms in total. The molecular weight excluding hydrogens is 352 g/mol. The molecule has 0 aromatic heterocycles. The zero-order chi connectivity index (χ0) is 19.3. The van der Waals surface area contributed by atoms with E-state index in [0.29, 0.717) is 36.7 Å². The van der Waals surface area contributed by atoms with Gasteiger partial charge in [0.2, 0.25) is 5.91 Å². The third-order valence-electron chi connectivity index (χ3n) is 4.40. The van der Waals surface area contributed by atoms with Gasteiger partial charge in [-0.05, 0) is 25.0 Å². The van der Waals surface area contributed by atoms with Crippen molar-refractivity contribution in [3.63, 3.8) is 0 Å². The summed E-state index contributed by atoms with van der Waals surface area (Å²) in [6.45, 7) is 4.99. The van der Waals surface area contributed by atoms with E-state index in [4.69, 9.17) is 5.11 Å². The monoisotopic (exact) mass is 378 g/mol. The minimum atomic E-state index is -0.802. The zero-order valence-corrected chi connectivity index (χ0v) is 16.3. The van der Waals surface area contributed by atoms with Gasteiger partial charge >= 0.3 is 5.97 Å². The first-order chi connectivity index (χ1) is 12.3. The third-order valence-corrected chi connectivity index (χ3v) is 5.48. The average molecular weight is 378 g/mol. The number of rotatable bonds is 6. The topological polar surface area (TPSA) is 77.9 Å². The summed E-state index contributed by atoms with van der Waals surface area (Å²) in [4.78, 5) is 40.2. The molecule has 1 aromatic carbocycles. The Labute approximate surface area is 158 Å². The molecule has 26 heavy (non-hydrogen) atoms. The Bertz CT molecular complexity index is 669. The second-order valence-electron chi connectivity index (χ2n) is 6.82. The van der Waals surface area contributed by atoms with Gasteiger partial charge in [-0.25, -0.2) is 0 Å². The van der Waals surface area contributed by atoms with Crippen molar-refractivity contribution >= 4 is 29.5 Å². The lowest BCUT2D eigenvalue weighted by Gasteiger charge is -2.31. The van der Waals surface area contributed by atoms with Gasteiger partial charge in [0.1, 0.15) is 0 Å². The van der Waals surface area contributed by atoms with E-state index in [-0.39, 0.29) is 24.3 Å². The predicted molar refractivity (Wildman–Crippen MR) is 101 cm³/mol. The van der Waals surface area contributed by atoms with Gasteiger partial charge in [-0.2, -0.15) is 0 Å². The lowest BCUT2D eigenvalue weighted by molar-refractivity contribution is -0.145. The van der Waals surface area contributed by atoms with Crippen LogP contribution in [0.25, 0.3) is 0 Å². The molecule has 142 valence electrons. The number of hydrogen-bond acceptors (Lipinski definition) is 4. The molecule has 2 rings (SSSR count). The molecule has 1 fully saturated rings. The fourth-order valence-electron chi connectivity index (χ4n) is 2.96. The number of piperidine rings is 1. The Kier molecular flexibility index (Phi) is 7.08. The Morgan fingerprint density at radius 3 is 2.42 bits per heavy atom. The second kappa shape index (κ2) is 9.07. The number of likely N-dealkylation sites (N-methyl/N-ethyl adjacent to an activating group) is 1. The number of amides is 2. The minimum absolute atomic E-state index is 0.00273. The van der Waals surface area contributed by atoms with E-state index in [1.807, 2.05) is 18.2 Å². The van der Waals surface area contributed by atoms with Crippen molar-refractivity contribution < 1.29 is 19.5 Å². The number of benzene rings is 1. The van der Waals surface area contributed by atoms with Crippen LogP contribution < -0.4 is 0 Å². The van der Waals surface area contributed by atoms with E-state index >= 15 is 0 Å². The first-order valence-electron chi connectivity index (χ1n) is 8.81. The van der Waals surface area contributed by atoms with E-state index < -0.39 is 5.97 Å². The van der Waals surface area contributed by atoms with Crippen molar-refractivity contribution in [2.24, 2.45) is 5.92 Å². The van der Waals surface area contributed by atoms with Crippen molar-refractivity contribution in [2.75, 3.05) is 26.7 Å². The molecule has 0 unspecified atom stereocenters. The summed E-state index contributed by atoms with van der Waals surface area (Å²) in [5.41, 5.74) is 0.603. The Hall–Kier alpha value is -2.02. The van der Waals surface area contributed by atoms with Crippen molar-refractivity contribution in [1.29, 1.82) is 0 Å². The van der Waals surface area contributed by atoms with Crippen molar-refractivity contribution in [3.8, 4) is 0 Å². The molecule has 2 amide bonds. The van der Waals surface area contributed by atoms with Crippen LogP contribution in [-0.2, 0) is 9.59 Å². The van der Waals surface area contributed by atoms with Crippen LogP contribution in [0, 0.1) is 5.92 Å². The van der Waals surface area contributed by atoms with Crippen LogP contribution in [0.15, 0.2) is 29.2 Å². The maximum absolute atomic E-state index is 12.8. The maximum Gasteiger partial charge on any atom is 0.306 e. The van der Waals surface area contributed by atoms with Crippen LogP contribution in [0.5, 0.6) is 0 Å². The molecule has 1 heterocycles. The molecule has 0 spiro atoms. The van der Waals surface area contributed by atoms with Gasteiger partial charge in [-0.15, -0.1) is 11.8 Å². The quantitative estimate of drug-likeness (QED) is 0.770. The maximum atomic E-state index is 12.8. The van der Waals surface area contributed by atoms with Gasteiger partial charge in [0.05, 0.1) is 18.0 Å². The Morgan fingerprint density at radius 1 is 1.23 bits per heavy atom. The van der Waals surface area contributed by atoms with Gasteiger partial charge < -0.3 is 14.9 Å². The Balaban J connectivity index is 1.97. The fraction of sp³-hybridized carbons (Fsp3) is 0.526. The van der Waals surface area contributed by atoms with Gasteiger partial charge in [0.15, 0.2) is 0 Å². The zero-order valence-electron chi connectivity index (χ0n) is 15.5. The van der Waals surface area contributed by atoms with E-state index in [2.05, 4.69) is 13.8 Å². The number of carbonyl (C=O) groups excluding carboxylic acids is 2. The molecule has 1 aliphatic rings. The lowest BCUT2D eigenvalue weighted by Crippen LogP contribution is -2.45. The summed E-state index contributed by atoms with van der Waals surface area (Å²) in [6.07, 6.45) is 0.930. The molecule has 1 aromatic rings. The summed E-state index contributed by atoms with van der Waals surface area (Å²) in [5.74, 6) is -1.50. The molecule has 7 heteroatoms.